The summed E-state index contributed by atoms with van der Waals surface area (Å²) < 4.78 is 14.3. The summed E-state index contributed by atoms with van der Waals surface area (Å²) in [7, 11) is 0. The molecule has 1 aliphatic rings. The first-order chi connectivity index (χ1) is 12.7. The van der Waals surface area contributed by atoms with Crippen molar-refractivity contribution >= 4 is 0 Å². The number of nitrogens with one attached hydrogen (secondary N) is 1. The van der Waals surface area contributed by atoms with Crippen LogP contribution in [0.5, 0.6) is 0 Å². The van der Waals surface area contributed by atoms with Crippen molar-refractivity contribution in [1.82, 2.24) is 15.2 Å². The molecule has 2 aromatic rings. The molecule has 1 unspecified atom stereocenters. The summed E-state index contributed by atoms with van der Waals surface area (Å²) in [5.41, 5.74) is 9.82. The summed E-state index contributed by atoms with van der Waals surface area (Å²) in [5, 5.41) is 3.63. The molecule has 1 atom stereocenters. The van der Waals surface area contributed by atoms with E-state index in [-0.39, 0.29) is 5.82 Å². The summed E-state index contributed by atoms with van der Waals surface area (Å²) in [6.07, 6.45) is 4.76. The number of fused-ring (bicyclic) bond motifs is 1. The lowest BCUT2D eigenvalue weighted by Gasteiger charge is -2.31. The number of benzene rings is 1. The highest BCUT2D eigenvalue weighted by atomic mass is 19.1. The number of pyridine rings is 1. The van der Waals surface area contributed by atoms with Crippen LogP contribution >= 0.6 is 0 Å². The van der Waals surface area contributed by atoms with E-state index in [1.807, 2.05) is 6.92 Å². The van der Waals surface area contributed by atoms with Crippen LogP contribution in [0.3, 0.4) is 0 Å². The standard InChI is InChI=1S/C21H29FN4/c1-16-10-20(22)21(25-12-16)15-26(9-5-4-8-23)14-19-11-17-6-2-3-7-18(17)13-24-19/h2-3,6-7,10,12,19,24H,4-5,8-9,11,13-15,23H2,1H3. The van der Waals surface area contributed by atoms with Crippen molar-refractivity contribution in [2.45, 2.75) is 45.3 Å². The van der Waals surface area contributed by atoms with Gasteiger partial charge < -0.3 is 11.1 Å². The quantitative estimate of drug-likeness (QED) is 0.714. The first kappa shape index (κ1) is 19.0. The molecule has 1 aromatic heterocycles. The Kier molecular flexibility index (Phi) is 6.72. The molecule has 1 aromatic carbocycles. The van der Waals surface area contributed by atoms with Gasteiger partial charge in [-0.05, 0) is 62.0 Å². The summed E-state index contributed by atoms with van der Waals surface area (Å²) >= 11 is 0. The first-order valence-corrected chi connectivity index (χ1v) is 9.49. The van der Waals surface area contributed by atoms with Crippen LogP contribution in [0.4, 0.5) is 4.39 Å². The van der Waals surface area contributed by atoms with Crippen LogP contribution < -0.4 is 11.1 Å². The Morgan fingerprint density at radius 1 is 1.27 bits per heavy atom. The van der Waals surface area contributed by atoms with E-state index in [1.54, 1.807) is 12.3 Å². The molecule has 3 rings (SSSR count). The summed E-state index contributed by atoms with van der Waals surface area (Å²) in [6.45, 7) is 5.79. The highest BCUT2D eigenvalue weighted by Crippen LogP contribution is 2.18. The molecule has 0 saturated heterocycles. The van der Waals surface area contributed by atoms with E-state index in [2.05, 4.69) is 39.5 Å². The van der Waals surface area contributed by atoms with Gasteiger partial charge in [-0.2, -0.15) is 0 Å². The predicted octanol–water partition coefficient (Wildman–Crippen LogP) is 2.78. The molecule has 26 heavy (non-hydrogen) atoms. The first-order valence-electron chi connectivity index (χ1n) is 9.49. The maximum absolute atomic E-state index is 14.3. The number of aromatic nitrogens is 1. The van der Waals surface area contributed by atoms with Gasteiger partial charge in [0.2, 0.25) is 0 Å². The van der Waals surface area contributed by atoms with Gasteiger partial charge in [-0.3, -0.25) is 9.88 Å². The van der Waals surface area contributed by atoms with E-state index in [0.717, 1.165) is 44.5 Å². The van der Waals surface area contributed by atoms with E-state index in [9.17, 15) is 4.39 Å². The van der Waals surface area contributed by atoms with Crippen molar-refractivity contribution < 1.29 is 4.39 Å². The molecule has 4 nitrogen and oxygen atoms in total. The molecule has 0 fully saturated rings. The van der Waals surface area contributed by atoms with Gasteiger partial charge >= 0.3 is 0 Å². The highest BCUT2D eigenvalue weighted by Gasteiger charge is 2.21. The van der Waals surface area contributed by atoms with Gasteiger partial charge in [-0.1, -0.05) is 24.3 Å². The zero-order chi connectivity index (χ0) is 18.4. The topological polar surface area (TPSA) is 54.2 Å². The van der Waals surface area contributed by atoms with E-state index < -0.39 is 0 Å². The van der Waals surface area contributed by atoms with Crippen LogP contribution in [0.1, 0.15) is 35.2 Å². The average molecular weight is 356 g/mol. The third-order valence-corrected chi connectivity index (χ3v) is 5.00. The fraction of sp³-hybridized carbons (Fsp3) is 0.476. The van der Waals surface area contributed by atoms with Gasteiger partial charge in [0.15, 0.2) is 0 Å². The second-order valence-electron chi connectivity index (χ2n) is 7.22. The van der Waals surface area contributed by atoms with Crippen LogP contribution in [0.25, 0.3) is 0 Å². The highest BCUT2D eigenvalue weighted by molar-refractivity contribution is 5.30. The molecule has 0 aliphatic carbocycles. The van der Waals surface area contributed by atoms with Gasteiger partial charge in [0.1, 0.15) is 5.82 Å². The van der Waals surface area contributed by atoms with Crippen LogP contribution in [0, 0.1) is 12.7 Å². The smallest absolute Gasteiger partial charge is 0.146 e. The van der Waals surface area contributed by atoms with Crippen LogP contribution in [0.15, 0.2) is 36.5 Å². The van der Waals surface area contributed by atoms with Crippen LogP contribution in [0.2, 0.25) is 0 Å². The largest absolute Gasteiger partial charge is 0.330 e. The number of unbranched alkanes of at least 4 members (excludes halogenated alkanes) is 1. The van der Waals surface area contributed by atoms with E-state index in [0.29, 0.717) is 24.8 Å². The predicted molar refractivity (Wildman–Crippen MR) is 103 cm³/mol. The van der Waals surface area contributed by atoms with E-state index >= 15 is 0 Å². The van der Waals surface area contributed by atoms with Crippen molar-refractivity contribution in [2.24, 2.45) is 5.73 Å². The molecule has 3 N–H and O–H groups in total. The molecule has 0 saturated carbocycles. The molecule has 0 bridgehead atoms. The Balaban J connectivity index is 1.66. The van der Waals surface area contributed by atoms with Gasteiger partial charge in [-0.25, -0.2) is 4.39 Å². The van der Waals surface area contributed by atoms with Crippen LogP contribution in [-0.2, 0) is 19.5 Å². The van der Waals surface area contributed by atoms with Crippen LogP contribution in [-0.4, -0.2) is 35.6 Å². The number of hydrogen-bond acceptors (Lipinski definition) is 4. The van der Waals surface area contributed by atoms with Gasteiger partial charge in [0, 0.05) is 31.9 Å². The SMILES string of the molecule is Cc1cnc(CN(CCCCN)CC2Cc3ccccc3CN2)c(F)c1. The second-order valence-corrected chi connectivity index (χ2v) is 7.22. The maximum atomic E-state index is 14.3. The Bertz CT molecular complexity index is 719. The molecule has 0 spiro atoms. The number of hydrogen-bond donors (Lipinski definition) is 2. The van der Waals surface area contributed by atoms with E-state index in [4.69, 9.17) is 5.73 Å². The maximum Gasteiger partial charge on any atom is 0.146 e. The molecule has 0 radical (unpaired) electrons. The van der Waals surface area contributed by atoms with Gasteiger partial charge in [0.05, 0.1) is 5.69 Å². The molecule has 5 heteroatoms. The van der Waals surface area contributed by atoms with Crippen molar-refractivity contribution in [3.8, 4) is 0 Å². The molecular formula is C21H29FN4. The lowest BCUT2D eigenvalue weighted by atomic mass is 9.95. The minimum atomic E-state index is -0.212. The number of aryl methyl sites for hydroxylation is 1. The number of rotatable bonds is 8. The number of nitrogens with zero attached hydrogens (tertiary/aromatic N) is 2. The Hall–Kier alpha value is -1.82. The Morgan fingerprint density at radius 3 is 2.85 bits per heavy atom. The van der Waals surface area contributed by atoms with Crippen molar-refractivity contribution in [1.29, 1.82) is 0 Å². The minimum Gasteiger partial charge on any atom is -0.330 e. The molecule has 140 valence electrons. The Morgan fingerprint density at radius 2 is 2.08 bits per heavy atom. The van der Waals surface area contributed by atoms with E-state index in [1.165, 1.54) is 11.1 Å². The van der Waals surface area contributed by atoms with Crippen molar-refractivity contribution in [3.63, 3.8) is 0 Å². The summed E-state index contributed by atoms with van der Waals surface area (Å²) in [6, 6.07) is 10.5. The fourth-order valence-corrected chi connectivity index (χ4v) is 3.57. The van der Waals surface area contributed by atoms with Crippen molar-refractivity contribution in [3.05, 3.63) is 64.7 Å². The van der Waals surface area contributed by atoms with Gasteiger partial charge in [0.25, 0.3) is 0 Å². The summed E-state index contributed by atoms with van der Waals surface area (Å²) in [5.74, 6) is -0.212. The van der Waals surface area contributed by atoms with Gasteiger partial charge in [-0.15, -0.1) is 0 Å². The lowest BCUT2D eigenvalue weighted by molar-refractivity contribution is 0.219. The minimum absolute atomic E-state index is 0.212. The number of nitrogens with two attached hydrogens (primary N) is 1. The monoisotopic (exact) mass is 356 g/mol. The third kappa shape index (κ3) is 5.10. The zero-order valence-electron chi connectivity index (χ0n) is 15.5. The lowest BCUT2D eigenvalue weighted by Crippen LogP contribution is -2.45. The molecular weight excluding hydrogens is 327 g/mol. The van der Waals surface area contributed by atoms with Crippen molar-refractivity contribution in [2.75, 3.05) is 19.6 Å². The number of halogens is 1. The second kappa shape index (κ2) is 9.21. The fourth-order valence-electron chi connectivity index (χ4n) is 3.57. The Labute approximate surface area is 155 Å². The molecule has 2 heterocycles. The molecule has 0 amide bonds. The zero-order valence-corrected chi connectivity index (χ0v) is 15.5. The molecule has 1 aliphatic heterocycles. The normalized spacial score (nSPS) is 16.7. The third-order valence-electron chi connectivity index (χ3n) is 5.00. The summed E-state index contributed by atoms with van der Waals surface area (Å²) in [4.78, 5) is 6.62. The average Bonchev–Trinajstić information content (AvgIpc) is 2.64.